The zero-order valence-electron chi connectivity index (χ0n) is 10.7. The summed E-state index contributed by atoms with van der Waals surface area (Å²) in [6.45, 7) is 9.93. The lowest BCUT2D eigenvalue weighted by Gasteiger charge is -2.09. The molecule has 0 aliphatic rings. The van der Waals surface area contributed by atoms with E-state index in [0.717, 1.165) is 5.69 Å². The Bertz CT molecular complexity index is 309. The van der Waals surface area contributed by atoms with Crippen LogP contribution >= 0.6 is 0 Å². The maximum Gasteiger partial charge on any atom is 0.193 e. The maximum atomic E-state index is 11.4. The van der Waals surface area contributed by atoms with Gasteiger partial charge in [0.2, 0.25) is 0 Å². The van der Waals surface area contributed by atoms with Gasteiger partial charge in [-0.1, -0.05) is 31.5 Å². The zero-order valence-corrected chi connectivity index (χ0v) is 11.5. The van der Waals surface area contributed by atoms with Crippen molar-refractivity contribution in [3.05, 3.63) is 29.8 Å². The van der Waals surface area contributed by atoms with E-state index >= 15 is 0 Å². The predicted octanol–water partition coefficient (Wildman–Crippen LogP) is 3.01. The predicted molar refractivity (Wildman–Crippen MR) is 72.6 cm³/mol. The van der Waals surface area contributed by atoms with Gasteiger partial charge in [0.15, 0.2) is 11.2 Å². The molecule has 0 amide bonds. The first kappa shape index (κ1) is 15.1. The van der Waals surface area contributed by atoms with Crippen molar-refractivity contribution >= 4 is 16.9 Å². The average molecular weight is 242 g/mol. The van der Waals surface area contributed by atoms with Crippen LogP contribution in [0.2, 0.25) is 0 Å². The van der Waals surface area contributed by atoms with Gasteiger partial charge in [-0.2, -0.15) is 0 Å². The molecule has 0 spiro atoms. The highest BCUT2D eigenvalue weighted by Gasteiger charge is 2.00. The molecule has 1 unspecified atom stereocenters. The van der Waals surface area contributed by atoms with Crippen LogP contribution in [0, 0.1) is 6.92 Å². The van der Waals surface area contributed by atoms with Gasteiger partial charge < -0.3 is 0 Å². The second-order valence-electron chi connectivity index (χ2n) is 3.51. The lowest BCUT2D eigenvalue weighted by Crippen LogP contribution is -2.29. The Hall–Kier alpha value is -0.870. The van der Waals surface area contributed by atoms with Crippen molar-refractivity contribution in [3.8, 4) is 0 Å². The normalized spacial score (nSPS) is 11.6. The van der Waals surface area contributed by atoms with E-state index in [2.05, 4.69) is 9.44 Å². The van der Waals surface area contributed by atoms with Crippen molar-refractivity contribution in [2.45, 2.75) is 40.7 Å². The number of nitrogens with one attached hydrogen (secondary N) is 2. The molecule has 0 bridgehead atoms. The lowest BCUT2D eigenvalue weighted by atomic mass is 10.2. The SMILES string of the molecule is CC.Cc1ccc(NS(=O)NC(C)C)cc1. The van der Waals surface area contributed by atoms with Crippen molar-refractivity contribution in [1.29, 1.82) is 0 Å². The minimum Gasteiger partial charge on any atom is -0.292 e. The van der Waals surface area contributed by atoms with Gasteiger partial charge in [-0.05, 0) is 32.9 Å². The number of aryl methyl sites for hydroxylation is 1. The summed E-state index contributed by atoms with van der Waals surface area (Å²) in [6, 6.07) is 7.99. The minimum absolute atomic E-state index is 0.203. The molecular weight excluding hydrogens is 220 g/mol. The van der Waals surface area contributed by atoms with Gasteiger partial charge in [0, 0.05) is 11.7 Å². The van der Waals surface area contributed by atoms with Crippen LogP contribution in [-0.4, -0.2) is 10.3 Å². The molecule has 0 fully saturated rings. The van der Waals surface area contributed by atoms with Gasteiger partial charge in [-0.15, -0.1) is 0 Å². The highest BCUT2D eigenvalue weighted by Crippen LogP contribution is 2.08. The molecule has 1 atom stereocenters. The molecule has 1 aromatic carbocycles. The van der Waals surface area contributed by atoms with E-state index in [0.29, 0.717) is 0 Å². The Morgan fingerprint density at radius 2 is 1.62 bits per heavy atom. The molecule has 16 heavy (non-hydrogen) atoms. The van der Waals surface area contributed by atoms with Crippen molar-refractivity contribution < 1.29 is 4.21 Å². The standard InChI is InChI=1S/C10H16N2OS.C2H6/c1-8(2)11-14(13)12-10-6-4-9(3)5-7-10;1-2/h4-8,11-12H,1-3H3;1-2H3. The first-order valence-electron chi connectivity index (χ1n) is 5.59. The van der Waals surface area contributed by atoms with Crippen LogP contribution in [0.4, 0.5) is 5.69 Å². The minimum atomic E-state index is -1.21. The maximum absolute atomic E-state index is 11.4. The summed E-state index contributed by atoms with van der Waals surface area (Å²) in [7, 11) is 0. The molecule has 0 aromatic heterocycles. The van der Waals surface area contributed by atoms with E-state index in [4.69, 9.17) is 0 Å². The molecule has 0 radical (unpaired) electrons. The van der Waals surface area contributed by atoms with Crippen LogP contribution < -0.4 is 9.44 Å². The monoisotopic (exact) mass is 242 g/mol. The van der Waals surface area contributed by atoms with E-state index in [1.165, 1.54) is 5.56 Å². The number of benzene rings is 1. The Morgan fingerprint density at radius 3 is 2.06 bits per heavy atom. The highest BCUT2D eigenvalue weighted by molar-refractivity contribution is 7.84. The molecule has 92 valence electrons. The van der Waals surface area contributed by atoms with Crippen LogP contribution in [-0.2, 0) is 11.2 Å². The number of rotatable bonds is 4. The Morgan fingerprint density at radius 1 is 1.12 bits per heavy atom. The summed E-state index contributed by atoms with van der Waals surface area (Å²) in [5.41, 5.74) is 2.06. The second-order valence-corrected chi connectivity index (χ2v) is 4.49. The summed E-state index contributed by atoms with van der Waals surface area (Å²) in [5, 5.41) is 0. The van der Waals surface area contributed by atoms with Crippen LogP contribution in [0.5, 0.6) is 0 Å². The molecule has 0 aliphatic carbocycles. The third kappa shape index (κ3) is 6.58. The topological polar surface area (TPSA) is 41.1 Å². The Labute approximate surface area is 101 Å². The van der Waals surface area contributed by atoms with Gasteiger partial charge in [0.25, 0.3) is 0 Å². The summed E-state index contributed by atoms with van der Waals surface area (Å²) in [6.07, 6.45) is 0. The van der Waals surface area contributed by atoms with Crippen molar-refractivity contribution in [1.82, 2.24) is 4.72 Å². The summed E-state index contributed by atoms with van der Waals surface area (Å²) >= 11 is -1.21. The smallest absolute Gasteiger partial charge is 0.193 e. The number of hydrogen-bond donors (Lipinski definition) is 2. The van der Waals surface area contributed by atoms with Gasteiger partial charge in [-0.25, -0.2) is 8.93 Å². The zero-order chi connectivity index (χ0) is 12.6. The van der Waals surface area contributed by atoms with Gasteiger partial charge in [0.05, 0.1) is 0 Å². The molecule has 3 nitrogen and oxygen atoms in total. The third-order valence-corrected chi connectivity index (χ3v) is 2.71. The Kier molecular flexibility index (Phi) is 7.85. The van der Waals surface area contributed by atoms with Crippen LogP contribution in [0.25, 0.3) is 0 Å². The largest absolute Gasteiger partial charge is 0.292 e. The van der Waals surface area contributed by atoms with Crippen LogP contribution in [0.15, 0.2) is 24.3 Å². The van der Waals surface area contributed by atoms with E-state index in [9.17, 15) is 4.21 Å². The van der Waals surface area contributed by atoms with E-state index in [1.54, 1.807) is 0 Å². The van der Waals surface area contributed by atoms with Crippen molar-refractivity contribution in [2.24, 2.45) is 0 Å². The van der Waals surface area contributed by atoms with Crippen molar-refractivity contribution in [2.75, 3.05) is 4.72 Å². The second kappa shape index (κ2) is 8.30. The number of anilines is 1. The molecule has 0 aliphatic heterocycles. The highest BCUT2D eigenvalue weighted by atomic mass is 32.2. The molecule has 0 saturated carbocycles. The molecule has 1 rings (SSSR count). The fourth-order valence-corrected chi connectivity index (χ4v) is 1.81. The van der Waals surface area contributed by atoms with E-state index in [1.807, 2.05) is 58.9 Å². The molecule has 4 heteroatoms. The molecular formula is C12H22N2OS. The first-order chi connectivity index (χ1) is 7.58. The van der Waals surface area contributed by atoms with Crippen LogP contribution in [0.3, 0.4) is 0 Å². The summed E-state index contributed by atoms with van der Waals surface area (Å²) in [4.78, 5) is 0. The number of hydrogen-bond acceptors (Lipinski definition) is 1. The molecule has 2 N–H and O–H groups in total. The molecule has 1 aromatic rings. The van der Waals surface area contributed by atoms with E-state index < -0.39 is 11.2 Å². The summed E-state index contributed by atoms with van der Waals surface area (Å²) < 4.78 is 17.1. The fraction of sp³-hybridized carbons (Fsp3) is 0.500. The van der Waals surface area contributed by atoms with Gasteiger partial charge in [-0.3, -0.25) is 4.72 Å². The van der Waals surface area contributed by atoms with E-state index in [-0.39, 0.29) is 6.04 Å². The molecule has 0 saturated heterocycles. The van der Waals surface area contributed by atoms with Gasteiger partial charge >= 0.3 is 0 Å². The third-order valence-electron chi connectivity index (χ3n) is 1.60. The van der Waals surface area contributed by atoms with Crippen LogP contribution in [0.1, 0.15) is 33.3 Å². The quantitative estimate of drug-likeness (QED) is 0.837. The molecule has 0 heterocycles. The van der Waals surface area contributed by atoms with Crippen molar-refractivity contribution in [3.63, 3.8) is 0 Å². The fourth-order valence-electron chi connectivity index (χ4n) is 0.972. The average Bonchev–Trinajstić information content (AvgIpc) is 2.23. The first-order valence-corrected chi connectivity index (χ1v) is 6.74. The summed E-state index contributed by atoms with van der Waals surface area (Å²) in [5.74, 6) is 0. The lowest BCUT2D eigenvalue weighted by molar-refractivity contribution is 0.660. The van der Waals surface area contributed by atoms with Gasteiger partial charge in [0.1, 0.15) is 0 Å². The Balaban J connectivity index is 0.00000106.